The minimum atomic E-state index is -1.31. The lowest BCUT2D eigenvalue weighted by Crippen LogP contribution is -2.29. The lowest BCUT2D eigenvalue weighted by Gasteiger charge is -2.24. The van der Waals surface area contributed by atoms with Gasteiger partial charge >= 0.3 is 0 Å². The van der Waals surface area contributed by atoms with Gasteiger partial charge in [-0.2, -0.15) is 0 Å². The average molecular weight is 280 g/mol. The summed E-state index contributed by atoms with van der Waals surface area (Å²) in [5, 5.41) is 11.2. The Morgan fingerprint density at radius 2 is 1.86 bits per heavy atom. The molecule has 1 amide bonds. The van der Waals surface area contributed by atoms with Crippen LogP contribution in [-0.4, -0.2) is 16.8 Å². The summed E-state index contributed by atoms with van der Waals surface area (Å²) in [4.78, 5) is 25.4. The van der Waals surface area contributed by atoms with Crippen LogP contribution in [-0.2, 0) is 6.54 Å². The predicted octanol–water partition coefficient (Wildman–Crippen LogP) is 1.77. The molecule has 0 saturated carbocycles. The maximum Gasteiger partial charge on any atom is 0.255 e. The second-order valence-corrected chi connectivity index (χ2v) is 5.15. The fraction of sp³-hybridized carbons (Fsp3) is 0.176. The number of hydrogen-bond donors (Lipinski definition) is 0. The molecule has 21 heavy (non-hydrogen) atoms. The number of aromatic carboxylic acids is 1. The largest absolute Gasteiger partial charge is 0.545 e. The van der Waals surface area contributed by atoms with Gasteiger partial charge in [-0.05, 0) is 18.1 Å². The Bertz CT molecular complexity index is 709. The number of rotatable bonds is 3. The Labute approximate surface area is 122 Å². The molecule has 0 unspecified atom stereocenters. The monoisotopic (exact) mass is 280 g/mol. The van der Waals surface area contributed by atoms with Gasteiger partial charge in [0, 0.05) is 12.1 Å². The number of carboxylic acids is 1. The van der Waals surface area contributed by atoms with Crippen molar-refractivity contribution in [2.75, 3.05) is 0 Å². The summed E-state index contributed by atoms with van der Waals surface area (Å²) in [5.41, 5.74) is 2.00. The molecule has 1 atom stereocenters. The maximum atomic E-state index is 12.6. The third kappa shape index (κ3) is 2.18. The van der Waals surface area contributed by atoms with E-state index in [0.29, 0.717) is 6.54 Å². The third-order valence-corrected chi connectivity index (χ3v) is 3.94. The molecular formula is C17H14NO3-. The Morgan fingerprint density at radius 1 is 1.14 bits per heavy atom. The van der Waals surface area contributed by atoms with Gasteiger partial charge < -0.3 is 14.8 Å². The van der Waals surface area contributed by atoms with E-state index < -0.39 is 5.97 Å². The first kappa shape index (κ1) is 13.4. The first-order valence-corrected chi connectivity index (χ1v) is 6.78. The van der Waals surface area contributed by atoms with Crippen molar-refractivity contribution in [3.8, 4) is 0 Å². The van der Waals surface area contributed by atoms with Crippen LogP contribution in [0.15, 0.2) is 48.5 Å². The van der Waals surface area contributed by atoms with E-state index >= 15 is 0 Å². The highest BCUT2D eigenvalue weighted by molar-refractivity contribution is 6.07. The van der Waals surface area contributed by atoms with E-state index in [4.69, 9.17) is 0 Å². The SMILES string of the molecule is C[C@H](c1ccccc1)N1Cc2cccc(C(=O)[O-])c2C1=O. The van der Waals surface area contributed by atoms with E-state index in [0.717, 1.165) is 11.1 Å². The number of nitrogens with zero attached hydrogens (tertiary/aromatic N) is 1. The molecule has 2 aromatic rings. The van der Waals surface area contributed by atoms with Crippen molar-refractivity contribution in [2.45, 2.75) is 19.5 Å². The van der Waals surface area contributed by atoms with Crippen LogP contribution >= 0.6 is 0 Å². The molecular weight excluding hydrogens is 266 g/mol. The van der Waals surface area contributed by atoms with Crippen LogP contribution in [0.4, 0.5) is 0 Å². The Hall–Kier alpha value is -2.62. The van der Waals surface area contributed by atoms with Gasteiger partial charge in [0.25, 0.3) is 5.91 Å². The zero-order valence-corrected chi connectivity index (χ0v) is 11.6. The molecule has 0 spiro atoms. The van der Waals surface area contributed by atoms with Crippen LogP contribution in [0.5, 0.6) is 0 Å². The molecule has 0 aliphatic carbocycles. The highest BCUT2D eigenvalue weighted by atomic mass is 16.4. The van der Waals surface area contributed by atoms with E-state index in [1.807, 2.05) is 37.3 Å². The summed E-state index contributed by atoms with van der Waals surface area (Å²) in [6.07, 6.45) is 0. The summed E-state index contributed by atoms with van der Waals surface area (Å²) in [6.45, 7) is 2.36. The summed E-state index contributed by atoms with van der Waals surface area (Å²) < 4.78 is 0. The van der Waals surface area contributed by atoms with Crippen molar-refractivity contribution in [3.63, 3.8) is 0 Å². The molecule has 0 fully saturated rings. The summed E-state index contributed by atoms with van der Waals surface area (Å²) in [7, 11) is 0. The van der Waals surface area contributed by atoms with Crippen LogP contribution in [0.1, 0.15) is 44.8 Å². The Morgan fingerprint density at radius 3 is 2.52 bits per heavy atom. The number of benzene rings is 2. The molecule has 2 aromatic carbocycles. The first-order valence-electron chi connectivity index (χ1n) is 6.78. The normalized spacial score (nSPS) is 14.9. The van der Waals surface area contributed by atoms with Gasteiger partial charge in [0.2, 0.25) is 0 Å². The fourth-order valence-corrected chi connectivity index (χ4v) is 2.78. The predicted molar refractivity (Wildman–Crippen MR) is 75.5 cm³/mol. The van der Waals surface area contributed by atoms with Crippen molar-refractivity contribution in [1.82, 2.24) is 4.90 Å². The zero-order chi connectivity index (χ0) is 15.0. The minimum absolute atomic E-state index is 0.0275. The number of amides is 1. The van der Waals surface area contributed by atoms with Gasteiger partial charge in [-0.15, -0.1) is 0 Å². The summed E-state index contributed by atoms with van der Waals surface area (Å²) in [5.74, 6) is -1.56. The molecule has 4 heteroatoms. The minimum Gasteiger partial charge on any atom is -0.545 e. The lowest BCUT2D eigenvalue weighted by molar-refractivity contribution is -0.255. The van der Waals surface area contributed by atoms with Crippen molar-refractivity contribution in [1.29, 1.82) is 0 Å². The van der Waals surface area contributed by atoms with Crippen LogP contribution in [0.25, 0.3) is 0 Å². The molecule has 4 nitrogen and oxygen atoms in total. The molecule has 0 bridgehead atoms. The van der Waals surface area contributed by atoms with Crippen LogP contribution < -0.4 is 5.11 Å². The van der Waals surface area contributed by atoms with E-state index in [-0.39, 0.29) is 23.1 Å². The molecule has 0 radical (unpaired) electrons. The number of hydrogen-bond acceptors (Lipinski definition) is 3. The highest BCUT2D eigenvalue weighted by Crippen LogP contribution is 2.32. The molecule has 0 saturated heterocycles. The summed E-state index contributed by atoms with van der Waals surface area (Å²) >= 11 is 0. The van der Waals surface area contributed by atoms with Gasteiger partial charge in [0.05, 0.1) is 17.6 Å². The highest BCUT2D eigenvalue weighted by Gasteiger charge is 2.33. The van der Waals surface area contributed by atoms with Crippen molar-refractivity contribution < 1.29 is 14.7 Å². The standard InChI is InChI=1S/C17H15NO3/c1-11(12-6-3-2-4-7-12)18-10-13-8-5-9-14(17(20)21)15(13)16(18)19/h2-9,11H,10H2,1H3,(H,20,21)/p-1/t11-/m1/s1. The Balaban J connectivity index is 1.98. The molecule has 1 heterocycles. The van der Waals surface area contributed by atoms with E-state index in [2.05, 4.69) is 0 Å². The Kier molecular flexibility index (Phi) is 3.22. The lowest BCUT2D eigenvalue weighted by atomic mass is 10.0. The molecule has 3 rings (SSSR count). The van der Waals surface area contributed by atoms with Gasteiger partial charge in [0.1, 0.15) is 0 Å². The average Bonchev–Trinajstić information content (AvgIpc) is 2.84. The molecule has 1 aliphatic heterocycles. The second kappa shape index (κ2) is 5.05. The van der Waals surface area contributed by atoms with Gasteiger partial charge in [-0.3, -0.25) is 4.79 Å². The maximum absolute atomic E-state index is 12.6. The molecule has 106 valence electrons. The van der Waals surface area contributed by atoms with Gasteiger partial charge in [-0.25, -0.2) is 0 Å². The fourth-order valence-electron chi connectivity index (χ4n) is 2.78. The molecule has 0 N–H and O–H groups in total. The van der Waals surface area contributed by atoms with Crippen molar-refractivity contribution in [3.05, 3.63) is 70.8 Å². The zero-order valence-electron chi connectivity index (χ0n) is 11.6. The second-order valence-electron chi connectivity index (χ2n) is 5.15. The van der Waals surface area contributed by atoms with Gasteiger partial charge in [-0.1, -0.05) is 48.5 Å². The van der Waals surface area contributed by atoms with E-state index in [9.17, 15) is 14.7 Å². The number of carbonyl (C=O) groups excluding carboxylic acids is 2. The smallest absolute Gasteiger partial charge is 0.255 e. The van der Waals surface area contributed by atoms with Crippen molar-refractivity contribution >= 4 is 11.9 Å². The van der Waals surface area contributed by atoms with Gasteiger partial charge in [0.15, 0.2) is 0 Å². The van der Waals surface area contributed by atoms with Crippen LogP contribution in [0.3, 0.4) is 0 Å². The first-order chi connectivity index (χ1) is 10.1. The molecule has 1 aliphatic rings. The third-order valence-electron chi connectivity index (χ3n) is 3.94. The van der Waals surface area contributed by atoms with Crippen molar-refractivity contribution in [2.24, 2.45) is 0 Å². The quantitative estimate of drug-likeness (QED) is 0.860. The number of carbonyl (C=O) groups is 2. The number of fused-ring (bicyclic) bond motifs is 1. The van der Waals surface area contributed by atoms with E-state index in [1.165, 1.54) is 6.07 Å². The topological polar surface area (TPSA) is 60.4 Å². The van der Waals surface area contributed by atoms with E-state index in [1.54, 1.807) is 17.0 Å². The number of carboxylic acid groups (broad SMARTS) is 1. The van der Waals surface area contributed by atoms with Crippen LogP contribution in [0, 0.1) is 0 Å². The molecule has 0 aromatic heterocycles. The summed E-state index contributed by atoms with van der Waals surface area (Å²) in [6, 6.07) is 14.4. The van der Waals surface area contributed by atoms with Crippen LogP contribution in [0.2, 0.25) is 0 Å².